The van der Waals surface area contributed by atoms with E-state index >= 15 is 0 Å². The van der Waals surface area contributed by atoms with Crippen LogP contribution >= 0.6 is 0 Å². The van der Waals surface area contributed by atoms with Crippen molar-refractivity contribution < 1.29 is 33.7 Å². The number of Topliss-reactive ketones (excluding diaryl/α,β-unsaturated/α-hetero) is 1. The number of hydrogen-bond acceptors (Lipinski definition) is 7. The lowest BCUT2D eigenvalue weighted by Gasteiger charge is -2.39. The third kappa shape index (κ3) is 2.23. The van der Waals surface area contributed by atoms with E-state index in [0.29, 0.717) is 0 Å². The molecule has 122 valence electrons. The minimum atomic E-state index is -1.74. The van der Waals surface area contributed by atoms with Crippen molar-refractivity contribution in [2.45, 2.75) is 31.5 Å². The molecule has 0 saturated carbocycles. The van der Waals surface area contributed by atoms with Crippen molar-refractivity contribution in [3.05, 3.63) is 23.8 Å². The Bertz CT molecular complexity index is 696. The molecule has 23 heavy (non-hydrogen) atoms. The molecular weight excluding hydrogens is 304 g/mol. The second-order valence-corrected chi connectivity index (χ2v) is 5.83. The summed E-state index contributed by atoms with van der Waals surface area (Å²) in [4.78, 5) is 36.5. The summed E-state index contributed by atoms with van der Waals surface area (Å²) >= 11 is 0. The van der Waals surface area contributed by atoms with E-state index in [2.05, 4.69) is 0 Å². The van der Waals surface area contributed by atoms with Crippen LogP contribution in [0.1, 0.15) is 30.1 Å². The fourth-order valence-corrected chi connectivity index (χ4v) is 3.24. The maximum Gasteiger partial charge on any atom is 0.354 e. The number of carbonyl (C=O) groups is 3. The van der Waals surface area contributed by atoms with Gasteiger partial charge >= 0.3 is 11.9 Å². The first-order valence-electron chi connectivity index (χ1n) is 7.21. The Labute approximate surface area is 132 Å². The van der Waals surface area contributed by atoms with Gasteiger partial charge in [-0.05, 0) is 12.1 Å². The predicted octanol–water partition coefficient (Wildman–Crippen LogP) is 1.22. The molecule has 1 fully saturated rings. The number of phenols is 1. The zero-order valence-electron chi connectivity index (χ0n) is 12.7. The topological polar surface area (TPSA) is 99.1 Å². The molecule has 7 heteroatoms. The van der Waals surface area contributed by atoms with Gasteiger partial charge in [0.15, 0.2) is 11.9 Å². The number of aromatic hydroxyl groups is 1. The Balaban J connectivity index is 2.10. The lowest BCUT2D eigenvalue weighted by molar-refractivity contribution is -0.177. The number of ketones is 1. The van der Waals surface area contributed by atoms with Crippen LogP contribution in [-0.2, 0) is 19.1 Å². The summed E-state index contributed by atoms with van der Waals surface area (Å²) in [5, 5.41) is 9.85. The molecule has 0 aromatic heterocycles. The van der Waals surface area contributed by atoms with Crippen LogP contribution < -0.4 is 4.74 Å². The molecule has 7 nitrogen and oxygen atoms in total. The molecule has 3 rings (SSSR count). The molecule has 0 spiro atoms. The van der Waals surface area contributed by atoms with E-state index in [9.17, 15) is 19.5 Å². The highest BCUT2D eigenvalue weighted by Gasteiger charge is 2.60. The van der Waals surface area contributed by atoms with Gasteiger partial charge in [0.2, 0.25) is 5.60 Å². The quantitative estimate of drug-likeness (QED) is 0.818. The zero-order chi connectivity index (χ0) is 16.8. The second-order valence-electron chi connectivity index (χ2n) is 5.83. The number of carbonyl (C=O) groups excluding carboxylic acids is 3. The second kappa shape index (κ2) is 5.26. The number of phenolic OH excluding ortho intramolecular Hbond substituents is 1. The summed E-state index contributed by atoms with van der Waals surface area (Å²) in [6.07, 6.45) is -1.16. The van der Waals surface area contributed by atoms with Gasteiger partial charge in [-0.3, -0.25) is 9.59 Å². The number of benzene rings is 1. The van der Waals surface area contributed by atoms with Crippen LogP contribution in [0.3, 0.4) is 0 Å². The monoisotopic (exact) mass is 320 g/mol. The molecule has 2 heterocycles. The summed E-state index contributed by atoms with van der Waals surface area (Å²) < 4.78 is 15.9. The highest BCUT2D eigenvalue weighted by atomic mass is 16.6. The van der Waals surface area contributed by atoms with E-state index in [0.717, 1.165) is 0 Å². The van der Waals surface area contributed by atoms with E-state index < -0.39 is 29.4 Å². The van der Waals surface area contributed by atoms with Crippen LogP contribution in [0.4, 0.5) is 0 Å². The normalized spacial score (nSPS) is 29.5. The first-order chi connectivity index (χ1) is 10.9. The van der Waals surface area contributed by atoms with Crippen molar-refractivity contribution in [1.82, 2.24) is 0 Å². The van der Waals surface area contributed by atoms with Crippen LogP contribution in [0.15, 0.2) is 18.2 Å². The molecule has 1 aromatic carbocycles. The van der Waals surface area contributed by atoms with Crippen molar-refractivity contribution in [2.75, 3.05) is 7.11 Å². The average Bonchev–Trinajstić information content (AvgIpc) is 2.85. The van der Waals surface area contributed by atoms with Crippen LogP contribution in [-0.4, -0.2) is 41.6 Å². The molecule has 2 aliphatic heterocycles. The fourth-order valence-electron chi connectivity index (χ4n) is 3.24. The molecular formula is C16H16O7. The van der Waals surface area contributed by atoms with Crippen molar-refractivity contribution in [3.8, 4) is 11.5 Å². The van der Waals surface area contributed by atoms with Gasteiger partial charge in [0.25, 0.3) is 0 Å². The van der Waals surface area contributed by atoms with Crippen LogP contribution in [0.25, 0.3) is 0 Å². The average molecular weight is 320 g/mol. The van der Waals surface area contributed by atoms with Gasteiger partial charge in [-0.25, -0.2) is 4.79 Å². The Morgan fingerprint density at radius 3 is 2.74 bits per heavy atom. The minimum absolute atomic E-state index is 0.0176. The van der Waals surface area contributed by atoms with Crippen molar-refractivity contribution >= 4 is 17.7 Å². The van der Waals surface area contributed by atoms with E-state index in [4.69, 9.17) is 14.2 Å². The summed E-state index contributed by atoms with van der Waals surface area (Å²) in [5.74, 6) is -2.17. The number of esters is 2. The van der Waals surface area contributed by atoms with Gasteiger partial charge in [-0.1, -0.05) is 13.0 Å². The fraction of sp³-hybridized carbons (Fsp3) is 0.438. The van der Waals surface area contributed by atoms with Crippen LogP contribution in [0.2, 0.25) is 0 Å². The molecule has 0 aliphatic carbocycles. The Morgan fingerprint density at radius 1 is 1.39 bits per heavy atom. The van der Waals surface area contributed by atoms with Crippen LogP contribution in [0, 0.1) is 5.92 Å². The minimum Gasteiger partial charge on any atom is -0.507 e. The number of methoxy groups -OCH3 is 1. The molecule has 0 bridgehead atoms. The predicted molar refractivity (Wildman–Crippen MR) is 76.1 cm³/mol. The third-order valence-electron chi connectivity index (χ3n) is 4.25. The highest BCUT2D eigenvalue weighted by Crippen LogP contribution is 2.44. The van der Waals surface area contributed by atoms with Crippen molar-refractivity contribution in [1.29, 1.82) is 0 Å². The molecule has 0 unspecified atom stereocenters. The standard InChI is InChI=1S/C16H16O7/c1-8-6-12(19)22-14(8)16(15(20)21-2)7-10(18)13-9(17)4-3-5-11(13)23-16/h3-5,8,14,17H,6-7H2,1-2H3/t8-,14-,16+/m1/s1. The molecule has 0 radical (unpaired) electrons. The first-order valence-corrected chi connectivity index (χ1v) is 7.21. The number of cyclic esters (lactones) is 1. The summed E-state index contributed by atoms with van der Waals surface area (Å²) in [6.45, 7) is 1.74. The molecule has 1 saturated heterocycles. The maximum atomic E-state index is 12.5. The van der Waals surface area contributed by atoms with Crippen molar-refractivity contribution in [2.24, 2.45) is 5.92 Å². The lowest BCUT2D eigenvalue weighted by Crippen LogP contribution is -2.59. The lowest BCUT2D eigenvalue weighted by atomic mass is 9.80. The zero-order valence-corrected chi connectivity index (χ0v) is 12.7. The summed E-state index contributed by atoms with van der Waals surface area (Å²) in [5.41, 5.74) is -1.72. The number of hydrogen-bond donors (Lipinski definition) is 1. The van der Waals surface area contributed by atoms with E-state index in [1.807, 2.05) is 0 Å². The van der Waals surface area contributed by atoms with Gasteiger partial charge in [0, 0.05) is 5.92 Å². The van der Waals surface area contributed by atoms with Gasteiger partial charge in [0.1, 0.15) is 17.1 Å². The summed E-state index contributed by atoms with van der Waals surface area (Å²) in [7, 11) is 1.18. The van der Waals surface area contributed by atoms with E-state index in [-0.39, 0.29) is 35.8 Å². The van der Waals surface area contributed by atoms with Crippen LogP contribution in [0.5, 0.6) is 11.5 Å². The largest absolute Gasteiger partial charge is 0.507 e. The van der Waals surface area contributed by atoms with E-state index in [1.165, 1.54) is 25.3 Å². The highest BCUT2D eigenvalue weighted by molar-refractivity contribution is 6.06. The van der Waals surface area contributed by atoms with Gasteiger partial charge in [-0.15, -0.1) is 0 Å². The number of rotatable bonds is 2. The molecule has 2 aliphatic rings. The Kier molecular flexibility index (Phi) is 3.50. The molecule has 3 atom stereocenters. The summed E-state index contributed by atoms with van der Waals surface area (Å²) in [6, 6.07) is 4.34. The maximum absolute atomic E-state index is 12.5. The first kappa shape index (κ1) is 15.3. The number of fused-ring (bicyclic) bond motifs is 1. The van der Waals surface area contributed by atoms with E-state index in [1.54, 1.807) is 6.92 Å². The third-order valence-corrected chi connectivity index (χ3v) is 4.25. The Morgan fingerprint density at radius 2 is 2.13 bits per heavy atom. The molecule has 0 amide bonds. The smallest absolute Gasteiger partial charge is 0.354 e. The van der Waals surface area contributed by atoms with Gasteiger partial charge in [0.05, 0.1) is 20.0 Å². The molecule has 1 N–H and O–H groups in total. The Hall–Kier alpha value is -2.57. The van der Waals surface area contributed by atoms with Crippen molar-refractivity contribution in [3.63, 3.8) is 0 Å². The number of ether oxygens (including phenoxy) is 3. The van der Waals surface area contributed by atoms with Gasteiger partial charge < -0.3 is 19.3 Å². The SMILES string of the molecule is COC(=O)[C@@]1([C@@H]2OC(=O)C[C@H]2C)CC(=O)c2c(O)cccc2O1. The molecule has 1 aromatic rings. The van der Waals surface area contributed by atoms with Gasteiger partial charge in [-0.2, -0.15) is 0 Å².